The van der Waals surface area contributed by atoms with Crippen molar-refractivity contribution >= 4 is 22.7 Å². The number of imidazole rings is 2. The molecule has 8 nitrogen and oxygen atoms in total. The first-order chi connectivity index (χ1) is 19.9. The van der Waals surface area contributed by atoms with Crippen molar-refractivity contribution < 1.29 is 9.13 Å². The van der Waals surface area contributed by atoms with Crippen molar-refractivity contribution in [2.75, 3.05) is 34.4 Å². The predicted molar refractivity (Wildman–Crippen MR) is 166 cm³/mol. The molecule has 2 saturated heterocycles. The second-order valence-corrected chi connectivity index (χ2v) is 12.1. The predicted octanol–water partition coefficient (Wildman–Crippen LogP) is 4.07. The monoisotopic (exact) mass is 554 g/mol. The van der Waals surface area contributed by atoms with E-state index in [9.17, 15) is 0 Å². The number of nitrogen functional groups attached to an aromatic ring is 2. The fourth-order valence-corrected chi connectivity index (χ4v) is 6.69. The Morgan fingerprint density at radius 1 is 0.756 bits per heavy atom. The molecule has 8 heteroatoms. The number of aromatic nitrogens is 4. The third-order valence-corrected chi connectivity index (χ3v) is 9.09. The average Bonchev–Trinajstić information content (AvgIpc) is 3.77. The molecular formula is C33H46N8+2. The Bertz CT molecular complexity index is 1360. The van der Waals surface area contributed by atoms with Crippen LogP contribution in [0.2, 0.25) is 0 Å². The maximum absolute atomic E-state index is 6.06. The summed E-state index contributed by atoms with van der Waals surface area (Å²) in [5.41, 5.74) is 18.8. The van der Waals surface area contributed by atoms with Gasteiger partial charge in [-0.2, -0.15) is 0 Å². The molecule has 0 saturated carbocycles. The smallest absolute Gasteiger partial charge is 0.243 e. The van der Waals surface area contributed by atoms with E-state index in [1.165, 1.54) is 37.1 Å². The SMILES string of the molecule is Cc1cc(N2CCCC2Cn2cc[n+](CCCn3cc[n+](CC4CCCN4c4ccc(N)c(C)c4)c3)c2)ccc1N. The summed E-state index contributed by atoms with van der Waals surface area (Å²) in [6.07, 6.45) is 19.5. The van der Waals surface area contributed by atoms with Gasteiger partial charge in [-0.3, -0.25) is 0 Å². The molecule has 2 atom stereocenters. The molecule has 41 heavy (non-hydrogen) atoms. The van der Waals surface area contributed by atoms with E-state index in [1.54, 1.807) is 0 Å². The molecule has 2 aromatic heterocycles. The number of benzene rings is 2. The van der Waals surface area contributed by atoms with Gasteiger partial charge in [0.25, 0.3) is 0 Å². The molecule has 0 amide bonds. The van der Waals surface area contributed by atoms with Gasteiger partial charge in [-0.15, -0.1) is 0 Å². The van der Waals surface area contributed by atoms with Crippen molar-refractivity contribution in [1.29, 1.82) is 0 Å². The number of rotatable bonds is 10. The lowest BCUT2D eigenvalue weighted by Crippen LogP contribution is -2.44. The quantitative estimate of drug-likeness (QED) is 0.229. The van der Waals surface area contributed by atoms with Crippen molar-refractivity contribution in [2.45, 2.75) is 84.2 Å². The maximum atomic E-state index is 6.06. The second kappa shape index (κ2) is 11.9. The Hall–Kier alpha value is -3.94. The molecule has 6 rings (SSSR count). The van der Waals surface area contributed by atoms with Crippen LogP contribution in [0, 0.1) is 13.8 Å². The third-order valence-electron chi connectivity index (χ3n) is 9.09. The molecule has 216 valence electrons. The molecule has 2 aliphatic heterocycles. The molecule has 2 aliphatic rings. The Kier molecular flexibility index (Phi) is 7.90. The number of nitrogens with two attached hydrogens (primary N) is 2. The highest BCUT2D eigenvalue weighted by atomic mass is 15.2. The summed E-state index contributed by atoms with van der Waals surface area (Å²) < 4.78 is 9.36. The van der Waals surface area contributed by atoms with E-state index in [0.29, 0.717) is 12.1 Å². The van der Waals surface area contributed by atoms with Crippen LogP contribution in [0.1, 0.15) is 43.2 Å². The van der Waals surface area contributed by atoms with E-state index in [4.69, 9.17) is 11.5 Å². The number of anilines is 4. The van der Waals surface area contributed by atoms with E-state index in [2.05, 4.69) is 104 Å². The van der Waals surface area contributed by atoms with Crippen LogP contribution in [0.15, 0.2) is 73.8 Å². The van der Waals surface area contributed by atoms with E-state index in [0.717, 1.165) is 68.2 Å². The van der Waals surface area contributed by atoms with Crippen molar-refractivity contribution in [1.82, 2.24) is 9.13 Å². The number of nitrogens with zero attached hydrogens (tertiary/aromatic N) is 6. The van der Waals surface area contributed by atoms with Crippen molar-refractivity contribution in [3.63, 3.8) is 0 Å². The van der Waals surface area contributed by atoms with Crippen LogP contribution >= 0.6 is 0 Å². The van der Waals surface area contributed by atoms with Crippen LogP contribution in [0.4, 0.5) is 22.7 Å². The Labute approximate surface area is 244 Å². The molecule has 4 heterocycles. The average molecular weight is 555 g/mol. The molecule has 0 spiro atoms. The fraction of sp³-hybridized carbons (Fsp3) is 0.455. The highest BCUT2D eigenvalue weighted by molar-refractivity contribution is 5.59. The summed E-state index contributed by atoms with van der Waals surface area (Å²) in [7, 11) is 0. The minimum absolute atomic E-state index is 0.522. The zero-order valence-electron chi connectivity index (χ0n) is 24.7. The van der Waals surface area contributed by atoms with Gasteiger partial charge in [0.2, 0.25) is 12.7 Å². The Morgan fingerprint density at radius 3 is 2.02 bits per heavy atom. The summed E-state index contributed by atoms with van der Waals surface area (Å²) in [6, 6.07) is 13.9. The van der Waals surface area contributed by atoms with Gasteiger partial charge in [0.1, 0.15) is 37.9 Å². The van der Waals surface area contributed by atoms with Gasteiger partial charge in [0, 0.05) is 42.3 Å². The van der Waals surface area contributed by atoms with Crippen LogP contribution in [0.3, 0.4) is 0 Å². The van der Waals surface area contributed by atoms with Crippen LogP contribution in [0.25, 0.3) is 0 Å². The zero-order valence-corrected chi connectivity index (χ0v) is 24.7. The van der Waals surface area contributed by atoms with E-state index >= 15 is 0 Å². The van der Waals surface area contributed by atoms with E-state index in [1.807, 2.05) is 12.1 Å². The second-order valence-electron chi connectivity index (χ2n) is 12.1. The molecule has 2 unspecified atom stereocenters. The number of aryl methyl sites for hydroxylation is 4. The van der Waals surface area contributed by atoms with Gasteiger partial charge >= 0.3 is 0 Å². The van der Waals surface area contributed by atoms with Crippen LogP contribution in [-0.2, 0) is 26.2 Å². The molecule has 0 radical (unpaired) electrons. The van der Waals surface area contributed by atoms with Crippen LogP contribution < -0.4 is 30.4 Å². The van der Waals surface area contributed by atoms with Crippen molar-refractivity contribution in [3.8, 4) is 0 Å². The summed E-state index contributed by atoms with van der Waals surface area (Å²) in [4.78, 5) is 5.11. The normalized spacial score (nSPS) is 19.0. The molecule has 2 aromatic carbocycles. The maximum Gasteiger partial charge on any atom is 0.243 e. The lowest BCUT2D eigenvalue weighted by molar-refractivity contribution is -0.699. The molecule has 4 aromatic rings. The number of hydrogen-bond acceptors (Lipinski definition) is 4. The van der Waals surface area contributed by atoms with Crippen LogP contribution in [0.5, 0.6) is 0 Å². The topological polar surface area (TPSA) is 76.1 Å². The lowest BCUT2D eigenvalue weighted by atomic mass is 10.1. The fourth-order valence-electron chi connectivity index (χ4n) is 6.69. The van der Waals surface area contributed by atoms with Gasteiger partial charge in [0.05, 0.1) is 25.2 Å². The zero-order chi connectivity index (χ0) is 28.3. The Balaban J connectivity index is 0.988. The largest absolute Gasteiger partial charge is 0.399 e. The summed E-state index contributed by atoms with van der Waals surface area (Å²) in [5, 5.41) is 0. The minimum atomic E-state index is 0.522. The molecule has 0 bridgehead atoms. The number of hydrogen-bond donors (Lipinski definition) is 2. The van der Waals surface area contributed by atoms with Crippen LogP contribution in [-0.4, -0.2) is 34.3 Å². The van der Waals surface area contributed by atoms with E-state index in [-0.39, 0.29) is 0 Å². The van der Waals surface area contributed by atoms with Gasteiger partial charge in [0.15, 0.2) is 0 Å². The van der Waals surface area contributed by atoms with Crippen molar-refractivity contribution in [3.05, 3.63) is 85.0 Å². The first kappa shape index (κ1) is 27.2. The molecule has 0 aliphatic carbocycles. The standard InChI is InChI=1S/C33H46N8/c1-26-20-28(8-10-32(26)34)40-14-3-6-30(40)22-38-18-16-36(24-38)12-5-13-37-17-19-39(25-37)23-31-7-4-15-41(31)29-9-11-33(35)27(2)21-29/h8-11,16-21,24-25,30-31H,3-7,12-15,22-23,34-35H2,1-2H3/q+2. The first-order valence-electron chi connectivity index (χ1n) is 15.3. The minimum Gasteiger partial charge on any atom is -0.399 e. The lowest BCUT2D eigenvalue weighted by Gasteiger charge is -2.26. The Morgan fingerprint density at radius 2 is 1.34 bits per heavy atom. The van der Waals surface area contributed by atoms with Gasteiger partial charge < -0.3 is 21.3 Å². The van der Waals surface area contributed by atoms with Gasteiger partial charge in [-0.25, -0.2) is 18.3 Å². The molecular weight excluding hydrogens is 508 g/mol. The van der Waals surface area contributed by atoms with Crippen molar-refractivity contribution in [2.24, 2.45) is 0 Å². The first-order valence-corrected chi connectivity index (χ1v) is 15.3. The summed E-state index contributed by atoms with van der Waals surface area (Å²) in [6.45, 7) is 10.5. The van der Waals surface area contributed by atoms with E-state index < -0.39 is 0 Å². The molecule has 4 N–H and O–H groups in total. The summed E-state index contributed by atoms with van der Waals surface area (Å²) in [5.74, 6) is 0. The third kappa shape index (κ3) is 6.21. The summed E-state index contributed by atoms with van der Waals surface area (Å²) >= 11 is 0. The molecule has 2 fully saturated rings. The van der Waals surface area contributed by atoms with Gasteiger partial charge in [-0.05, 0) is 87.1 Å². The van der Waals surface area contributed by atoms with Gasteiger partial charge in [-0.1, -0.05) is 0 Å². The highest BCUT2D eigenvalue weighted by Gasteiger charge is 2.28. The highest BCUT2D eigenvalue weighted by Crippen LogP contribution is 2.29.